The van der Waals surface area contributed by atoms with E-state index in [9.17, 15) is 8.42 Å². The Morgan fingerprint density at radius 1 is 1.22 bits per heavy atom. The van der Waals surface area contributed by atoms with Crippen LogP contribution in [0.4, 0.5) is 0 Å². The third kappa shape index (κ3) is 5.84. The van der Waals surface area contributed by atoms with Crippen LogP contribution in [0, 0.1) is 5.92 Å². The van der Waals surface area contributed by atoms with E-state index in [4.69, 9.17) is 15.2 Å². The number of ether oxygens (including phenoxy) is 2. The summed E-state index contributed by atoms with van der Waals surface area (Å²) in [6.45, 7) is 6.08. The summed E-state index contributed by atoms with van der Waals surface area (Å²) in [7, 11) is -0.738. The summed E-state index contributed by atoms with van der Waals surface area (Å²) in [5.41, 5.74) is 5.08. The standard InChI is InChI=1S/C15H26N2O4S.ClH/c1-11(2)9-15(3,10-16)17-22(18,19)12-6-7-13(20-4)14(8-12)21-5;/h6-8,11,17H,9-10,16H2,1-5H3;1H. The lowest BCUT2D eigenvalue weighted by molar-refractivity contribution is 0.343. The van der Waals surface area contributed by atoms with E-state index in [1.54, 1.807) is 6.07 Å². The molecule has 0 fully saturated rings. The summed E-state index contributed by atoms with van der Waals surface area (Å²) in [6, 6.07) is 4.49. The van der Waals surface area contributed by atoms with Crippen LogP contribution in [0.25, 0.3) is 0 Å². The van der Waals surface area contributed by atoms with Crippen LogP contribution in [0.2, 0.25) is 0 Å². The first kappa shape index (κ1) is 22.0. The minimum atomic E-state index is -3.70. The van der Waals surface area contributed by atoms with Gasteiger partial charge in [-0.25, -0.2) is 13.1 Å². The molecule has 6 nitrogen and oxygen atoms in total. The Morgan fingerprint density at radius 2 is 1.78 bits per heavy atom. The van der Waals surface area contributed by atoms with Crippen molar-refractivity contribution in [3.05, 3.63) is 18.2 Å². The van der Waals surface area contributed by atoms with E-state index in [1.807, 2.05) is 20.8 Å². The second-order valence-electron chi connectivity index (χ2n) is 5.99. The van der Waals surface area contributed by atoms with Gasteiger partial charge in [0.25, 0.3) is 0 Å². The number of rotatable bonds is 8. The van der Waals surface area contributed by atoms with Crippen molar-refractivity contribution < 1.29 is 17.9 Å². The fourth-order valence-electron chi connectivity index (χ4n) is 2.43. The number of sulfonamides is 1. The normalized spacial score (nSPS) is 14.0. The predicted molar refractivity (Wildman–Crippen MR) is 94.0 cm³/mol. The van der Waals surface area contributed by atoms with Gasteiger partial charge in [-0.15, -0.1) is 12.4 Å². The van der Waals surface area contributed by atoms with E-state index in [-0.39, 0.29) is 23.8 Å². The Hall–Kier alpha value is -1.02. The average Bonchev–Trinajstić information content (AvgIpc) is 2.44. The maximum atomic E-state index is 12.6. The molecule has 1 aromatic rings. The Bertz CT molecular complexity index is 607. The summed E-state index contributed by atoms with van der Waals surface area (Å²) >= 11 is 0. The monoisotopic (exact) mass is 366 g/mol. The average molecular weight is 367 g/mol. The Kier molecular flexibility index (Phi) is 8.34. The van der Waals surface area contributed by atoms with E-state index < -0.39 is 15.6 Å². The summed E-state index contributed by atoms with van der Waals surface area (Å²) < 4.78 is 38.2. The van der Waals surface area contributed by atoms with Crippen molar-refractivity contribution in [2.45, 2.75) is 37.6 Å². The quantitative estimate of drug-likeness (QED) is 0.735. The largest absolute Gasteiger partial charge is 0.493 e. The zero-order chi connectivity index (χ0) is 17.0. The molecule has 0 radical (unpaired) electrons. The number of nitrogens with two attached hydrogens (primary N) is 1. The molecule has 0 saturated carbocycles. The highest BCUT2D eigenvalue weighted by atomic mass is 35.5. The minimum Gasteiger partial charge on any atom is -0.493 e. The van der Waals surface area contributed by atoms with Gasteiger partial charge in [-0.2, -0.15) is 0 Å². The van der Waals surface area contributed by atoms with Crippen LogP contribution in [-0.2, 0) is 10.0 Å². The molecule has 0 bridgehead atoms. The van der Waals surface area contributed by atoms with Crippen LogP contribution in [0.3, 0.4) is 0 Å². The molecular formula is C15H27ClN2O4S. The summed E-state index contributed by atoms with van der Waals surface area (Å²) in [6.07, 6.45) is 0.649. The number of nitrogens with one attached hydrogen (secondary N) is 1. The van der Waals surface area contributed by atoms with Gasteiger partial charge >= 0.3 is 0 Å². The number of halogens is 1. The van der Waals surface area contributed by atoms with Crippen LogP contribution in [-0.4, -0.2) is 34.7 Å². The van der Waals surface area contributed by atoms with E-state index >= 15 is 0 Å². The lowest BCUT2D eigenvalue weighted by atomic mass is 9.92. The first-order valence-electron chi connectivity index (χ1n) is 7.13. The van der Waals surface area contributed by atoms with Crippen molar-refractivity contribution in [3.8, 4) is 11.5 Å². The van der Waals surface area contributed by atoms with Gasteiger partial charge in [-0.1, -0.05) is 13.8 Å². The molecule has 0 aliphatic carbocycles. The van der Waals surface area contributed by atoms with E-state index in [0.717, 1.165) is 0 Å². The smallest absolute Gasteiger partial charge is 0.241 e. The summed E-state index contributed by atoms with van der Waals surface area (Å²) in [4.78, 5) is 0.119. The molecule has 0 spiro atoms. The maximum Gasteiger partial charge on any atom is 0.241 e. The zero-order valence-electron chi connectivity index (χ0n) is 14.3. The highest BCUT2D eigenvalue weighted by Crippen LogP contribution is 2.30. The van der Waals surface area contributed by atoms with Crippen molar-refractivity contribution in [3.63, 3.8) is 0 Å². The van der Waals surface area contributed by atoms with Crippen LogP contribution < -0.4 is 19.9 Å². The molecule has 0 heterocycles. The molecule has 0 aliphatic heterocycles. The van der Waals surface area contributed by atoms with E-state index in [0.29, 0.717) is 23.8 Å². The molecule has 0 aliphatic rings. The van der Waals surface area contributed by atoms with Gasteiger partial charge in [0.15, 0.2) is 11.5 Å². The van der Waals surface area contributed by atoms with Gasteiger partial charge in [0.2, 0.25) is 10.0 Å². The molecule has 23 heavy (non-hydrogen) atoms. The Morgan fingerprint density at radius 3 is 2.22 bits per heavy atom. The molecule has 1 rings (SSSR count). The topological polar surface area (TPSA) is 90.7 Å². The molecule has 1 aromatic carbocycles. The maximum absolute atomic E-state index is 12.6. The molecule has 134 valence electrons. The molecule has 3 N–H and O–H groups in total. The number of benzene rings is 1. The van der Waals surface area contributed by atoms with Crippen LogP contribution >= 0.6 is 12.4 Å². The molecule has 1 unspecified atom stereocenters. The third-order valence-electron chi connectivity index (χ3n) is 3.36. The number of hydrogen-bond acceptors (Lipinski definition) is 5. The SMILES string of the molecule is COc1ccc(S(=O)(=O)NC(C)(CN)CC(C)C)cc1OC.Cl. The van der Waals surface area contributed by atoms with E-state index in [2.05, 4.69) is 4.72 Å². The minimum absolute atomic E-state index is 0. The zero-order valence-corrected chi connectivity index (χ0v) is 15.9. The van der Waals surface area contributed by atoms with Crippen LogP contribution in [0.1, 0.15) is 27.2 Å². The third-order valence-corrected chi connectivity index (χ3v) is 4.99. The Labute approximate surface area is 145 Å². The van der Waals surface area contributed by atoms with E-state index in [1.165, 1.54) is 26.4 Å². The van der Waals surface area contributed by atoms with Crippen molar-refractivity contribution in [2.24, 2.45) is 11.7 Å². The lowest BCUT2D eigenvalue weighted by Gasteiger charge is -2.30. The van der Waals surface area contributed by atoms with Crippen molar-refractivity contribution in [1.82, 2.24) is 4.72 Å². The fraction of sp³-hybridized carbons (Fsp3) is 0.600. The molecule has 0 amide bonds. The fourth-order valence-corrected chi connectivity index (χ4v) is 3.88. The molecule has 0 aromatic heterocycles. The first-order valence-corrected chi connectivity index (χ1v) is 8.62. The second-order valence-corrected chi connectivity index (χ2v) is 7.67. The molecule has 0 saturated heterocycles. The van der Waals surface area contributed by atoms with Gasteiger partial charge in [0, 0.05) is 18.2 Å². The van der Waals surface area contributed by atoms with Crippen LogP contribution in [0.15, 0.2) is 23.1 Å². The molecule has 8 heteroatoms. The predicted octanol–water partition coefficient (Wildman–Crippen LogP) is 2.17. The highest BCUT2D eigenvalue weighted by molar-refractivity contribution is 7.89. The van der Waals surface area contributed by atoms with Crippen molar-refractivity contribution in [2.75, 3.05) is 20.8 Å². The van der Waals surface area contributed by atoms with Gasteiger partial charge in [0.1, 0.15) is 0 Å². The van der Waals surface area contributed by atoms with Crippen molar-refractivity contribution in [1.29, 1.82) is 0 Å². The van der Waals surface area contributed by atoms with Gasteiger partial charge in [0.05, 0.1) is 19.1 Å². The van der Waals surface area contributed by atoms with Crippen LogP contribution in [0.5, 0.6) is 11.5 Å². The molecular weight excluding hydrogens is 340 g/mol. The number of methoxy groups -OCH3 is 2. The first-order chi connectivity index (χ1) is 10.2. The lowest BCUT2D eigenvalue weighted by Crippen LogP contribution is -2.51. The summed E-state index contributed by atoms with van der Waals surface area (Å²) in [5.74, 6) is 1.16. The van der Waals surface area contributed by atoms with Crippen molar-refractivity contribution >= 4 is 22.4 Å². The van der Waals surface area contributed by atoms with Gasteiger partial charge < -0.3 is 15.2 Å². The Balaban J connectivity index is 0.00000484. The molecule has 1 atom stereocenters. The highest BCUT2D eigenvalue weighted by Gasteiger charge is 2.30. The van der Waals surface area contributed by atoms with Gasteiger partial charge in [-0.3, -0.25) is 0 Å². The second kappa shape index (κ2) is 8.73. The number of hydrogen-bond donors (Lipinski definition) is 2. The summed E-state index contributed by atoms with van der Waals surface area (Å²) in [5, 5.41) is 0. The van der Waals surface area contributed by atoms with Gasteiger partial charge in [-0.05, 0) is 31.4 Å².